The van der Waals surface area contributed by atoms with Crippen molar-refractivity contribution in [1.82, 2.24) is 5.32 Å². The van der Waals surface area contributed by atoms with Gasteiger partial charge in [-0.05, 0) is 34.5 Å². The molecule has 0 spiro atoms. The Hall–Kier alpha value is -1.82. The summed E-state index contributed by atoms with van der Waals surface area (Å²) in [5.74, 6) is -0.800. The molecule has 0 aliphatic carbocycles. The van der Waals surface area contributed by atoms with Crippen LogP contribution in [0.3, 0.4) is 0 Å². The van der Waals surface area contributed by atoms with Crippen LogP contribution in [-0.2, 0) is 9.59 Å². The van der Waals surface area contributed by atoms with Gasteiger partial charge < -0.3 is 15.2 Å². The summed E-state index contributed by atoms with van der Waals surface area (Å²) in [6.45, 7) is 2.56. The molecule has 0 saturated heterocycles. The van der Waals surface area contributed by atoms with Crippen LogP contribution in [0.5, 0.6) is 5.75 Å². The number of rotatable bonds is 8. The first-order valence-electron chi connectivity index (χ1n) is 6.63. The molecule has 1 rings (SSSR count). The van der Waals surface area contributed by atoms with E-state index in [1.165, 1.54) is 6.08 Å². The molecule has 1 amide bonds. The Balaban J connectivity index is 2.69. The van der Waals surface area contributed by atoms with E-state index in [1.54, 1.807) is 18.2 Å². The fourth-order valence-electron chi connectivity index (χ4n) is 1.56. The third kappa shape index (κ3) is 6.44. The van der Waals surface area contributed by atoms with Gasteiger partial charge in [0.25, 0.3) is 5.91 Å². The summed E-state index contributed by atoms with van der Waals surface area (Å²) in [5.41, 5.74) is 0.591. The standard InChI is InChI=1S/C15H18BrNO4/c1-2-3-9-17-13(18)10-21-15-11(7-8-14(19)20)5-4-6-12(15)16/h4-8H,2-3,9-10H2,1H3,(H,17,18)(H,19,20). The first kappa shape index (κ1) is 17.2. The second kappa shape index (κ2) is 9.18. The minimum absolute atomic E-state index is 0.111. The minimum atomic E-state index is -1.04. The maximum atomic E-state index is 11.6. The molecule has 0 atom stereocenters. The minimum Gasteiger partial charge on any atom is -0.482 e. The van der Waals surface area contributed by atoms with Gasteiger partial charge in [0.1, 0.15) is 5.75 Å². The molecule has 21 heavy (non-hydrogen) atoms. The fraction of sp³-hybridized carbons (Fsp3) is 0.333. The van der Waals surface area contributed by atoms with E-state index in [4.69, 9.17) is 9.84 Å². The number of aliphatic carboxylic acids is 1. The number of carbonyl (C=O) groups excluding carboxylic acids is 1. The Kier molecular flexibility index (Phi) is 7.53. The predicted octanol–water partition coefficient (Wildman–Crippen LogP) is 2.84. The van der Waals surface area contributed by atoms with E-state index >= 15 is 0 Å². The molecule has 0 saturated carbocycles. The zero-order chi connectivity index (χ0) is 15.7. The van der Waals surface area contributed by atoms with Crippen LogP contribution in [0.2, 0.25) is 0 Å². The fourth-order valence-corrected chi connectivity index (χ4v) is 2.06. The molecule has 5 nitrogen and oxygen atoms in total. The smallest absolute Gasteiger partial charge is 0.328 e. The Morgan fingerprint density at radius 1 is 1.43 bits per heavy atom. The lowest BCUT2D eigenvalue weighted by molar-refractivity contribution is -0.131. The predicted molar refractivity (Wildman–Crippen MR) is 84.2 cm³/mol. The van der Waals surface area contributed by atoms with Crippen molar-refractivity contribution in [3.8, 4) is 5.75 Å². The van der Waals surface area contributed by atoms with Gasteiger partial charge >= 0.3 is 5.97 Å². The molecule has 0 radical (unpaired) electrons. The molecule has 0 aromatic heterocycles. The van der Waals surface area contributed by atoms with E-state index in [2.05, 4.69) is 21.2 Å². The molecular formula is C15H18BrNO4. The van der Waals surface area contributed by atoms with Crippen molar-refractivity contribution >= 4 is 33.9 Å². The number of carboxylic acid groups (broad SMARTS) is 1. The molecule has 114 valence electrons. The first-order valence-corrected chi connectivity index (χ1v) is 7.43. The molecule has 0 aliphatic heterocycles. The van der Waals surface area contributed by atoms with Gasteiger partial charge in [-0.15, -0.1) is 0 Å². The van der Waals surface area contributed by atoms with Crippen LogP contribution in [-0.4, -0.2) is 30.1 Å². The largest absolute Gasteiger partial charge is 0.482 e. The molecule has 1 aromatic carbocycles. The highest BCUT2D eigenvalue weighted by atomic mass is 79.9. The first-order chi connectivity index (χ1) is 10.0. The van der Waals surface area contributed by atoms with Crippen molar-refractivity contribution in [2.75, 3.05) is 13.2 Å². The lowest BCUT2D eigenvalue weighted by Gasteiger charge is -2.11. The lowest BCUT2D eigenvalue weighted by atomic mass is 10.2. The van der Waals surface area contributed by atoms with Gasteiger partial charge in [-0.25, -0.2) is 4.79 Å². The van der Waals surface area contributed by atoms with E-state index in [0.29, 0.717) is 22.3 Å². The molecule has 1 aromatic rings. The molecule has 0 unspecified atom stereocenters. The summed E-state index contributed by atoms with van der Waals surface area (Å²) in [4.78, 5) is 22.2. The van der Waals surface area contributed by atoms with Crippen LogP contribution in [0.4, 0.5) is 0 Å². The summed E-state index contributed by atoms with van der Waals surface area (Å²) in [6, 6.07) is 5.25. The summed E-state index contributed by atoms with van der Waals surface area (Å²) in [5, 5.41) is 11.4. The zero-order valence-corrected chi connectivity index (χ0v) is 13.4. The molecule has 2 N–H and O–H groups in total. The quantitative estimate of drug-likeness (QED) is 0.555. The van der Waals surface area contributed by atoms with Crippen LogP contribution in [0.25, 0.3) is 6.08 Å². The van der Waals surface area contributed by atoms with Crippen LogP contribution in [0.15, 0.2) is 28.7 Å². The maximum absolute atomic E-state index is 11.6. The van der Waals surface area contributed by atoms with Crippen molar-refractivity contribution < 1.29 is 19.4 Å². The van der Waals surface area contributed by atoms with E-state index in [0.717, 1.165) is 18.9 Å². The number of para-hydroxylation sites is 1. The molecular weight excluding hydrogens is 338 g/mol. The number of hydrogen-bond acceptors (Lipinski definition) is 3. The highest BCUT2D eigenvalue weighted by Crippen LogP contribution is 2.30. The highest BCUT2D eigenvalue weighted by molar-refractivity contribution is 9.10. The Bertz CT molecular complexity index is 528. The van der Waals surface area contributed by atoms with E-state index in [9.17, 15) is 9.59 Å². The monoisotopic (exact) mass is 355 g/mol. The van der Waals surface area contributed by atoms with E-state index in [1.807, 2.05) is 6.92 Å². The lowest BCUT2D eigenvalue weighted by Crippen LogP contribution is -2.29. The van der Waals surface area contributed by atoms with Gasteiger partial charge in [-0.1, -0.05) is 25.5 Å². The number of amides is 1. The SMILES string of the molecule is CCCCNC(=O)COc1c(Br)cccc1C=CC(=O)O. The van der Waals surface area contributed by atoms with E-state index < -0.39 is 5.97 Å². The summed E-state index contributed by atoms with van der Waals surface area (Å²) in [6.07, 6.45) is 4.39. The Labute approximate surface area is 132 Å². The number of benzene rings is 1. The number of nitrogens with one attached hydrogen (secondary N) is 1. The summed E-state index contributed by atoms with van der Waals surface area (Å²) in [7, 11) is 0. The Morgan fingerprint density at radius 3 is 2.86 bits per heavy atom. The number of carbonyl (C=O) groups is 2. The average Bonchev–Trinajstić information content (AvgIpc) is 2.44. The number of hydrogen-bond donors (Lipinski definition) is 2. The van der Waals surface area contributed by atoms with Gasteiger partial charge in [0.15, 0.2) is 6.61 Å². The van der Waals surface area contributed by atoms with Crippen LogP contribution >= 0.6 is 15.9 Å². The van der Waals surface area contributed by atoms with Crippen LogP contribution in [0, 0.1) is 0 Å². The second-order valence-electron chi connectivity index (χ2n) is 4.32. The van der Waals surface area contributed by atoms with Gasteiger partial charge in [0.05, 0.1) is 4.47 Å². The van der Waals surface area contributed by atoms with Crippen LogP contribution in [0.1, 0.15) is 25.3 Å². The normalized spacial score (nSPS) is 10.6. The third-order valence-corrected chi connectivity index (χ3v) is 3.23. The van der Waals surface area contributed by atoms with Gasteiger partial charge in [0, 0.05) is 18.2 Å². The topological polar surface area (TPSA) is 75.6 Å². The van der Waals surface area contributed by atoms with Gasteiger partial charge in [0.2, 0.25) is 0 Å². The molecule has 0 bridgehead atoms. The molecule has 0 heterocycles. The van der Waals surface area contributed by atoms with Gasteiger partial charge in [-0.3, -0.25) is 4.79 Å². The van der Waals surface area contributed by atoms with Gasteiger partial charge in [-0.2, -0.15) is 0 Å². The van der Waals surface area contributed by atoms with Crippen LogP contribution < -0.4 is 10.1 Å². The maximum Gasteiger partial charge on any atom is 0.328 e. The number of unbranched alkanes of at least 4 members (excludes halogenated alkanes) is 1. The number of halogens is 1. The van der Waals surface area contributed by atoms with Crippen molar-refractivity contribution in [2.24, 2.45) is 0 Å². The third-order valence-electron chi connectivity index (χ3n) is 2.60. The summed E-state index contributed by atoms with van der Waals surface area (Å²) >= 11 is 3.33. The summed E-state index contributed by atoms with van der Waals surface area (Å²) < 4.78 is 6.15. The van der Waals surface area contributed by atoms with Crippen molar-refractivity contribution in [2.45, 2.75) is 19.8 Å². The van der Waals surface area contributed by atoms with Crippen molar-refractivity contribution in [1.29, 1.82) is 0 Å². The average molecular weight is 356 g/mol. The molecule has 6 heteroatoms. The van der Waals surface area contributed by atoms with Crippen molar-refractivity contribution in [3.05, 3.63) is 34.3 Å². The number of carboxylic acids is 1. The molecule has 0 fully saturated rings. The zero-order valence-electron chi connectivity index (χ0n) is 11.8. The highest BCUT2D eigenvalue weighted by Gasteiger charge is 2.09. The molecule has 0 aliphatic rings. The Morgan fingerprint density at radius 2 is 2.19 bits per heavy atom. The van der Waals surface area contributed by atoms with E-state index in [-0.39, 0.29) is 12.5 Å². The second-order valence-corrected chi connectivity index (χ2v) is 5.18. The van der Waals surface area contributed by atoms with Crippen molar-refractivity contribution in [3.63, 3.8) is 0 Å². The number of ether oxygens (including phenoxy) is 1.